The van der Waals surface area contributed by atoms with Crippen molar-refractivity contribution in [3.8, 4) is 11.5 Å². The molecule has 10 nitrogen and oxygen atoms in total. The lowest BCUT2D eigenvalue weighted by atomic mass is 9.56. The van der Waals surface area contributed by atoms with E-state index in [9.17, 15) is 47.5 Å². The number of amides is 4. The van der Waals surface area contributed by atoms with Crippen LogP contribution >= 0.6 is 23.2 Å². The first kappa shape index (κ1) is 34.9. The van der Waals surface area contributed by atoms with Crippen LogP contribution in [0.25, 0.3) is 0 Å². The molecule has 7 rings (SSSR count). The molecule has 6 unspecified atom stereocenters. The van der Waals surface area contributed by atoms with Gasteiger partial charge in [0.15, 0.2) is 33.0 Å². The smallest absolute Gasteiger partial charge is 0.488 e. The van der Waals surface area contributed by atoms with Gasteiger partial charge in [-0.3, -0.25) is 24.1 Å². The van der Waals surface area contributed by atoms with Crippen LogP contribution in [-0.2, 0) is 19.2 Å². The van der Waals surface area contributed by atoms with Crippen LogP contribution in [0, 0.1) is 46.8 Å². The molecule has 51 heavy (non-hydrogen) atoms. The van der Waals surface area contributed by atoms with Crippen LogP contribution in [0.1, 0.15) is 24.3 Å². The number of halogens is 7. The van der Waals surface area contributed by atoms with Gasteiger partial charge in [-0.15, -0.1) is 23.2 Å². The molecule has 3 aromatic carbocycles. The largest absolute Gasteiger partial charge is 0.508 e. The second-order valence-corrected chi connectivity index (χ2v) is 13.8. The number of nitrogens with zero attached hydrogens (tertiary/aromatic N) is 2. The molecule has 2 aliphatic carbocycles. The van der Waals surface area contributed by atoms with E-state index in [0.717, 1.165) is 11.0 Å². The summed E-state index contributed by atoms with van der Waals surface area (Å²) in [5.74, 6) is -22.9. The highest BCUT2D eigenvalue weighted by molar-refractivity contribution is 6.59. The zero-order valence-corrected chi connectivity index (χ0v) is 27.4. The molecule has 0 aromatic heterocycles. The van der Waals surface area contributed by atoms with Crippen LogP contribution in [0.2, 0.25) is 0 Å². The molecular weight excluding hydrogens is 729 g/mol. The van der Waals surface area contributed by atoms with Crippen LogP contribution < -0.4 is 20.0 Å². The molecule has 1 saturated carbocycles. The number of imide groups is 2. The van der Waals surface area contributed by atoms with Gasteiger partial charge in [-0.05, 0) is 42.4 Å². The first-order valence-corrected chi connectivity index (χ1v) is 16.0. The number of fused-ring (bicyclic) bond motifs is 4. The Bertz CT molecular complexity index is 2110. The summed E-state index contributed by atoms with van der Waals surface area (Å²) in [6.45, 7) is 0. The van der Waals surface area contributed by atoms with Gasteiger partial charge in [0, 0.05) is 17.5 Å². The van der Waals surface area contributed by atoms with E-state index < -0.39 is 105 Å². The molecule has 3 aromatic rings. The van der Waals surface area contributed by atoms with Crippen molar-refractivity contribution in [1.82, 2.24) is 0 Å². The Kier molecular flexibility index (Phi) is 8.06. The molecule has 2 saturated heterocycles. The van der Waals surface area contributed by atoms with E-state index in [2.05, 4.69) is 0 Å². The number of carbonyl (C=O) groups excluding carboxylic acids is 4. The molecule has 0 radical (unpaired) electrons. The van der Waals surface area contributed by atoms with E-state index in [4.69, 9.17) is 27.9 Å². The molecule has 3 N–H and O–H groups in total. The van der Waals surface area contributed by atoms with E-state index >= 15 is 8.78 Å². The number of rotatable bonds is 5. The number of aromatic hydroxyl groups is 1. The van der Waals surface area contributed by atoms with Gasteiger partial charge < -0.3 is 19.9 Å². The number of phenols is 1. The summed E-state index contributed by atoms with van der Waals surface area (Å²) in [6, 6.07) is 8.88. The van der Waals surface area contributed by atoms with Crippen molar-refractivity contribution in [3.05, 3.63) is 88.8 Å². The van der Waals surface area contributed by atoms with E-state index in [-0.39, 0.29) is 45.1 Å². The molecule has 18 heteroatoms. The first-order chi connectivity index (χ1) is 24.0. The summed E-state index contributed by atoms with van der Waals surface area (Å²) in [7, 11) is -0.747. The third-order valence-corrected chi connectivity index (χ3v) is 11.6. The summed E-state index contributed by atoms with van der Waals surface area (Å²) in [5, 5.41) is 29.6. The van der Waals surface area contributed by atoms with Crippen LogP contribution in [-0.4, -0.2) is 62.8 Å². The molecule has 3 fully saturated rings. The molecule has 0 spiro atoms. The monoisotopic (exact) mass is 750 g/mol. The summed E-state index contributed by atoms with van der Waals surface area (Å²) >= 11 is 14.2. The average Bonchev–Trinajstić information content (AvgIpc) is 3.44. The number of methoxy groups -OCH3 is 1. The average molecular weight is 751 g/mol. The van der Waals surface area contributed by atoms with Crippen LogP contribution in [0.15, 0.2) is 54.1 Å². The lowest BCUT2D eigenvalue weighted by Crippen LogP contribution is -2.60. The Balaban J connectivity index is 1.43. The quantitative estimate of drug-likeness (QED) is 0.0684. The fraction of sp³-hybridized carbons (Fsp3) is 0.273. The van der Waals surface area contributed by atoms with Crippen molar-refractivity contribution in [1.29, 1.82) is 0 Å². The molecule has 2 aliphatic heterocycles. The highest BCUT2D eigenvalue weighted by atomic mass is 35.5. The Morgan fingerprint density at radius 1 is 0.843 bits per heavy atom. The van der Waals surface area contributed by atoms with Crippen LogP contribution in [0.3, 0.4) is 0 Å². The number of alkyl halides is 2. The van der Waals surface area contributed by atoms with Crippen molar-refractivity contribution < 1.29 is 61.0 Å². The van der Waals surface area contributed by atoms with E-state index in [1.54, 1.807) is 0 Å². The molecule has 0 bridgehead atoms. The zero-order chi connectivity index (χ0) is 37.1. The number of anilines is 2. The normalized spacial score (nSPS) is 28.5. The van der Waals surface area contributed by atoms with Gasteiger partial charge in [0.05, 0.1) is 24.6 Å². The van der Waals surface area contributed by atoms with Crippen molar-refractivity contribution in [2.24, 2.45) is 17.8 Å². The summed E-state index contributed by atoms with van der Waals surface area (Å²) in [6.07, 6.45) is 0.661. The summed E-state index contributed by atoms with van der Waals surface area (Å²) in [4.78, 5) is 51.8. The van der Waals surface area contributed by atoms with Crippen LogP contribution in [0.4, 0.5) is 33.3 Å². The first-order valence-electron chi connectivity index (χ1n) is 15.2. The molecule has 2 heterocycles. The second kappa shape index (κ2) is 11.8. The maximum absolute atomic E-state index is 15.2. The summed E-state index contributed by atoms with van der Waals surface area (Å²) in [5.41, 5.74) is -1.78. The van der Waals surface area contributed by atoms with Gasteiger partial charge in [0.2, 0.25) is 17.6 Å². The fourth-order valence-corrected chi connectivity index (χ4v) is 8.86. The number of phenolic OH excluding ortho intramolecular Hbond substituents is 1. The number of hydrogen-bond acceptors (Lipinski definition) is 8. The van der Waals surface area contributed by atoms with Gasteiger partial charge in [-0.25, -0.2) is 26.9 Å². The van der Waals surface area contributed by atoms with Gasteiger partial charge in [0.25, 0.3) is 11.8 Å². The third-order valence-electron chi connectivity index (χ3n) is 10.2. The number of benzene rings is 3. The van der Waals surface area contributed by atoms with E-state index in [1.807, 2.05) is 0 Å². The highest BCUT2D eigenvalue weighted by Crippen LogP contribution is 2.67. The van der Waals surface area contributed by atoms with Crippen molar-refractivity contribution >= 4 is 70.8 Å². The van der Waals surface area contributed by atoms with Crippen molar-refractivity contribution in [2.45, 2.75) is 28.5 Å². The number of ether oxygens (including phenoxy) is 1. The number of hydrogen-bond donors (Lipinski definition) is 3. The Labute approximate surface area is 294 Å². The highest BCUT2D eigenvalue weighted by Gasteiger charge is 2.77. The Morgan fingerprint density at radius 2 is 1.49 bits per heavy atom. The van der Waals surface area contributed by atoms with Gasteiger partial charge in [0.1, 0.15) is 17.2 Å². The van der Waals surface area contributed by atoms with E-state index in [0.29, 0.717) is 0 Å². The Hall–Kier alpha value is -4.51. The number of carbonyl (C=O) groups is 4. The van der Waals surface area contributed by atoms with Crippen molar-refractivity contribution in [3.63, 3.8) is 0 Å². The molecule has 4 aliphatic rings. The van der Waals surface area contributed by atoms with Crippen molar-refractivity contribution in [2.75, 3.05) is 16.9 Å². The minimum absolute atomic E-state index is 0.00370. The lowest BCUT2D eigenvalue weighted by Gasteiger charge is -2.50. The van der Waals surface area contributed by atoms with Crippen LogP contribution in [0.5, 0.6) is 11.5 Å². The maximum Gasteiger partial charge on any atom is 0.488 e. The topological polar surface area (TPSA) is 145 Å². The lowest BCUT2D eigenvalue weighted by molar-refractivity contribution is -0.125. The van der Waals surface area contributed by atoms with Gasteiger partial charge in [-0.2, -0.15) is 0 Å². The van der Waals surface area contributed by atoms with Gasteiger partial charge in [-0.1, -0.05) is 29.8 Å². The third kappa shape index (κ3) is 4.55. The minimum atomic E-state index is -2.78. The van der Waals surface area contributed by atoms with E-state index in [1.165, 1.54) is 49.6 Å². The zero-order valence-electron chi connectivity index (χ0n) is 25.8. The molecule has 6 atom stereocenters. The summed E-state index contributed by atoms with van der Waals surface area (Å²) < 4.78 is 78.8. The predicted molar refractivity (Wildman–Crippen MR) is 170 cm³/mol. The second-order valence-electron chi connectivity index (χ2n) is 12.6. The Morgan fingerprint density at radius 3 is 2.12 bits per heavy atom. The standard InChI is InChI=1S/C33H22BCl2F5N2O8/c1-51-19-10-14(44)5-6-16(19)21-15-7-8-17-20(29(46)42(28(17)45)13-4-2-3-12(9-13)34(49)50)18(15)11-32(35)30(47)43(31(48)33(21,32)36)27-25(40)23(38)22(37)24(39)26(27)41/h2-7,9-10,17-18,20-21,44,49-50H,8,11H2,1H3. The molecular formula is C33H22BCl2F5N2O8. The maximum atomic E-state index is 15.2. The van der Waals surface area contributed by atoms with Gasteiger partial charge >= 0.3 is 7.12 Å². The minimum Gasteiger partial charge on any atom is -0.508 e. The number of allylic oxidation sites excluding steroid dienone is 2. The molecule has 4 amide bonds. The predicted octanol–water partition coefficient (Wildman–Crippen LogP) is 3.54. The fourth-order valence-electron chi connectivity index (χ4n) is 7.93. The molecule has 264 valence electrons. The SMILES string of the molecule is COc1cc(O)ccc1C1C2=CCC3C(=O)N(c4cccc(B(O)O)c4)C(=O)C3C2CC2(Cl)C(=O)N(c3c(F)c(F)c(F)c(F)c3F)C(=O)C12Cl.